The molecule has 1 amide bonds. The van der Waals surface area contributed by atoms with Gasteiger partial charge in [-0.15, -0.1) is 0 Å². The van der Waals surface area contributed by atoms with Crippen molar-refractivity contribution in [2.45, 2.75) is 107 Å². The van der Waals surface area contributed by atoms with E-state index in [9.17, 15) is 28.8 Å². The molecule has 58 heavy (non-hydrogen) atoms. The number of aliphatic carboxylic acids is 2. The number of rotatable bonds is 17. The second-order valence-corrected chi connectivity index (χ2v) is 15.9. The second-order valence-electron chi connectivity index (χ2n) is 15.9. The van der Waals surface area contributed by atoms with E-state index in [0.717, 1.165) is 33.4 Å². The number of esters is 1. The number of nitrogens with one attached hydrogen (secondary N) is 1. The number of carbonyl (C=O) groups excluding carboxylic acids is 4. The second kappa shape index (κ2) is 22.2. The predicted molar refractivity (Wildman–Crippen MR) is 226 cm³/mol. The van der Waals surface area contributed by atoms with Crippen LogP contribution in [-0.4, -0.2) is 64.5 Å². The van der Waals surface area contributed by atoms with Gasteiger partial charge in [0.1, 0.15) is 6.54 Å². The van der Waals surface area contributed by atoms with Gasteiger partial charge in [0.15, 0.2) is 23.8 Å². The topological polar surface area (TPSA) is 173 Å². The average molecular weight is 798 g/mol. The van der Waals surface area contributed by atoms with E-state index in [1.165, 1.54) is 0 Å². The van der Waals surface area contributed by atoms with Crippen molar-refractivity contribution in [2.75, 3.05) is 6.54 Å². The SMILES string of the molecule is CC1=C(/C=C/C(C)=C/C=C/C(C)=C/C=C/C=C(C)/C=C/C=C(C)/C=C/C2=C(C)C(=O)C(OC(=O)NCC(=O)O)CC2(C)C)C(C)(C)CC(OC(=O)CCC(=O)O)C1=O. The van der Waals surface area contributed by atoms with Crippen molar-refractivity contribution in [2.24, 2.45) is 10.8 Å². The van der Waals surface area contributed by atoms with Crippen molar-refractivity contribution in [3.05, 3.63) is 130 Å². The molecule has 0 aromatic rings. The normalized spacial score (nSPS) is 21.0. The van der Waals surface area contributed by atoms with E-state index < -0.39 is 53.6 Å². The number of carboxylic acids is 2. The van der Waals surface area contributed by atoms with Crippen molar-refractivity contribution in [3.63, 3.8) is 0 Å². The number of alkyl carbamates (subject to hydrolysis) is 1. The van der Waals surface area contributed by atoms with Crippen LogP contribution in [0.3, 0.4) is 0 Å². The smallest absolute Gasteiger partial charge is 0.408 e. The molecular formula is C47H59NO10. The molecule has 0 saturated carbocycles. The number of carboxylic acid groups (broad SMARTS) is 2. The first-order valence-electron chi connectivity index (χ1n) is 19.2. The van der Waals surface area contributed by atoms with Crippen LogP contribution in [0.1, 0.15) is 94.9 Å². The third-order valence-corrected chi connectivity index (χ3v) is 9.72. The number of carbonyl (C=O) groups is 6. The monoisotopic (exact) mass is 797 g/mol. The highest BCUT2D eigenvalue weighted by atomic mass is 16.6. The van der Waals surface area contributed by atoms with E-state index in [-0.39, 0.29) is 30.8 Å². The van der Waals surface area contributed by atoms with Gasteiger partial charge in [-0.25, -0.2) is 4.79 Å². The van der Waals surface area contributed by atoms with Crippen molar-refractivity contribution in [3.8, 4) is 0 Å². The molecular weight excluding hydrogens is 739 g/mol. The fourth-order valence-corrected chi connectivity index (χ4v) is 6.50. The van der Waals surface area contributed by atoms with E-state index in [0.29, 0.717) is 17.6 Å². The highest BCUT2D eigenvalue weighted by Crippen LogP contribution is 2.42. The van der Waals surface area contributed by atoms with Crippen LogP contribution in [0.5, 0.6) is 0 Å². The first-order valence-corrected chi connectivity index (χ1v) is 19.2. The molecule has 0 radical (unpaired) electrons. The van der Waals surface area contributed by atoms with Gasteiger partial charge in [-0.1, -0.05) is 135 Å². The number of hydrogen-bond donors (Lipinski definition) is 3. The summed E-state index contributed by atoms with van der Waals surface area (Å²) in [5.74, 6) is -3.56. The van der Waals surface area contributed by atoms with Crippen LogP contribution in [0, 0.1) is 10.8 Å². The van der Waals surface area contributed by atoms with Crippen molar-refractivity contribution < 1.29 is 48.5 Å². The van der Waals surface area contributed by atoms with Crippen LogP contribution in [0.15, 0.2) is 130 Å². The van der Waals surface area contributed by atoms with Crippen LogP contribution in [0.25, 0.3) is 0 Å². The number of ketones is 2. The van der Waals surface area contributed by atoms with Gasteiger partial charge in [-0.2, -0.15) is 0 Å². The van der Waals surface area contributed by atoms with Crippen LogP contribution < -0.4 is 5.32 Å². The number of Topliss-reactive ketones (excluding diaryl/α,β-unsaturated/α-hetero) is 2. The molecule has 2 aliphatic rings. The molecule has 3 N–H and O–H groups in total. The Labute approximate surface area is 342 Å². The maximum atomic E-state index is 13.0. The lowest BCUT2D eigenvalue weighted by Crippen LogP contribution is -2.41. The van der Waals surface area contributed by atoms with Crippen LogP contribution in [-0.2, 0) is 33.4 Å². The summed E-state index contributed by atoms with van der Waals surface area (Å²) in [6.45, 7) is 18.7. The largest absolute Gasteiger partial charge is 0.481 e. The molecule has 0 aromatic carbocycles. The Balaban J connectivity index is 1.97. The number of hydrogen-bond acceptors (Lipinski definition) is 8. The van der Waals surface area contributed by atoms with E-state index in [2.05, 4.69) is 5.32 Å². The van der Waals surface area contributed by atoms with Gasteiger partial charge >= 0.3 is 24.0 Å². The molecule has 0 heterocycles. The zero-order valence-electron chi connectivity index (χ0n) is 35.4. The van der Waals surface area contributed by atoms with Gasteiger partial charge in [-0.3, -0.25) is 24.0 Å². The van der Waals surface area contributed by atoms with Crippen molar-refractivity contribution >= 4 is 35.6 Å². The van der Waals surface area contributed by atoms with Crippen LogP contribution in [0.4, 0.5) is 4.79 Å². The van der Waals surface area contributed by atoms with Crippen molar-refractivity contribution in [1.29, 1.82) is 0 Å². The molecule has 2 atom stereocenters. The fourth-order valence-electron chi connectivity index (χ4n) is 6.50. The lowest BCUT2D eigenvalue weighted by molar-refractivity contribution is -0.157. The molecule has 312 valence electrons. The highest BCUT2D eigenvalue weighted by molar-refractivity contribution is 6.02. The molecule has 11 heteroatoms. The number of ether oxygens (including phenoxy) is 2. The number of allylic oxidation sites excluding steroid dienone is 20. The minimum Gasteiger partial charge on any atom is -0.481 e. The van der Waals surface area contributed by atoms with E-state index >= 15 is 0 Å². The maximum absolute atomic E-state index is 13.0. The van der Waals surface area contributed by atoms with Gasteiger partial charge in [-0.05, 0) is 74.7 Å². The molecule has 2 rings (SSSR count). The Kier molecular flexibility index (Phi) is 18.5. The molecule has 0 spiro atoms. The summed E-state index contributed by atoms with van der Waals surface area (Å²) in [5.41, 5.74) is 5.92. The zero-order valence-corrected chi connectivity index (χ0v) is 35.4. The van der Waals surface area contributed by atoms with Gasteiger partial charge < -0.3 is 25.0 Å². The summed E-state index contributed by atoms with van der Waals surface area (Å²) in [7, 11) is 0. The summed E-state index contributed by atoms with van der Waals surface area (Å²) in [6.07, 6.45) is 24.7. The third kappa shape index (κ3) is 16.0. The maximum Gasteiger partial charge on any atom is 0.408 e. The van der Waals surface area contributed by atoms with E-state index in [1.54, 1.807) is 13.8 Å². The first kappa shape index (κ1) is 48.3. The predicted octanol–water partition coefficient (Wildman–Crippen LogP) is 9.14. The average Bonchev–Trinajstić information content (AvgIpc) is 3.12. The van der Waals surface area contributed by atoms with Gasteiger partial charge in [0.05, 0.1) is 12.8 Å². The molecule has 0 aromatic heterocycles. The van der Waals surface area contributed by atoms with Crippen LogP contribution >= 0.6 is 0 Å². The Morgan fingerprint density at radius 1 is 0.621 bits per heavy atom. The molecule has 0 saturated heterocycles. The Hall–Kier alpha value is -5.84. The minimum atomic E-state index is -1.21. The quantitative estimate of drug-likeness (QED) is 0.0952. The van der Waals surface area contributed by atoms with Gasteiger partial charge in [0.2, 0.25) is 0 Å². The third-order valence-electron chi connectivity index (χ3n) is 9.72. The summed E-state index contributed by atoms with van der Waals surface area (Å²) < 4.78 is 10.6. The molecule has 2 unspecified atom stereocenters. The summed E-state index contributed by atoms with van der Waals surface area (Å²) in [6, 6.07) is 0. The Morgan fingerprint density at radius 2 is 1.02 bits per heavy atom. The van der Waals surface area contributed by atoms with Crippen LogP contribution in [0.2, 0.25) is 0 Å². The molecule has 2 aliphatic carbocycles. The van der Waals surface area contributed by atoms with Gasteiger partial charge in [0, 0.05) is 12.8 Å². The molecule has 0 fully saturated rings. The van der Waals surface area contributed by atoms with E-state index in [4.69, 9.17) is 19.7 Å². The zero-order chi connectivity index (χ0) is 43.8. The highest BCUT2D eigenvalue weighted by Gasteiger charge is 2.41. The van der Waals surface area contributed by atoms with Gasteiger partial charge in [0.25, 0.3) is 0 Å². The summed E-state index contributed by atoms with van der Waals surface area (Å²) in [4.78, 5) is 71.5. The Bertz CT molecular complexity index is 1830. The standard InChI is InChI=1S/C47H59NO10/c1-30(17-13-19-32(3)21-23-36-34(5)43(54)38(27-46(36,7)8)57-42(53)26-25-40(49)50)15-11-12-16-31(2)18-14-20-33(4)22-24-37-35(6)44(55)39(28-47(37,9)10)58-45(56)48-29-41(51)52/h11-24,38-39H,25-29H2,1-10H3,(H,48,56)(H,49,50)(H,51,52)/b12-11+,17-13+,18-14+,23-21+,24-22+,30-15+,31-16+,32-19+,33-20+. The molecule has 11 nitrogen and oxygen atoms in total. The molecule has 0 bridgehead atoms. The lowest BCUT2D eigenvalue weighted by Gasteiger charge is -2.36. The summed E-state index contributed by atoms with van der Waals surface area (Å²) >= 11 is 0. The van der Waals surface area contributed by atoms with Crippen molar-refractivity contribution in [1.82, 2.24) is 5.32 Å². The lowest BCUT2D eigenvalue weighted by atomic mass is 9.71. The fraction of sp³-hybridized carbons (Fsp3) is 0.404. The number of amides is 1. The molecule has 0 aliphatic heterocycles. The van der Waals surface area contributed by atoms with E-state index in [1.807, 2.05) is 140 Å². The Morgan fingerprint density at radius 3 is 1.43 bits per heavy atom. The minimum absolute atomic E-state index is 0.264. The summed E-state index contributed by atoms with van der Waals surface area (Å²) in [5, 5.41) is 19.7. The first-order chi connectivity index (χ1) is 27.0.